The zero-order valence-corrected chi connectivity index (χ0v) is 10.5. The third-order valence-electron chi connectivity index (χ3n) is 2.43. The van der Waals surface area contributed by atoms with Crippen LogP contribution in [0.4, 0.5) is 0 Å². The summed E-state index contributed by atoms with van der Waals surface area (Å²) in [5, 5.41) is 18.4. The summed E-state index contributed by atoms with van der Waals surface area (Å²) in [6, 6.07) is 3.77. The minimum atomic E-state index is -0.558. The van der Waals surface area contributed by atoms with E-state index in [1.165, 1.54) is 12.1 Å². The smallest absolute Gasteiger partial charge is 0.338 e. The van der Waals surface area contributed by atoms with Crippen molar-refractivity contribution in [2.45, 2.75) is 6.42 Å². The van der Waals surface area contributed by atoms with Crippen molar-refractivity contribution in [2.24, 2.45) is 0 Å². The number of rotatable bonds is 6. The number of hydrogen-bond acceptors (Lipinski definition) is 4. The number of benzene rings is 1. The Kier molecular flexibility index (Phi) is 5.41. The van der Waals surface area contributed by atoms with Crippen LogP contribution in [0.2, 0.25) is 0 Å². The van der Waals surface area contributed by atoms with Crippen molar-refractivity contribution < 1.29 is 19.7 Å². The maximum atomic E-state index is 11.7. The predicted molar refractivity (Wildman–Crippen MR) is 73.1 cm³/mol. The van der Waals surface area contributed by atoms with Gasteiger partial charge in [-0.1, -0.05) is 31.4 Å². The molecule has 0 unspecified atom stereocenters. The highest BCUT2D eigenvalue weighted by molar-refractivity contribution is 5.90. The van der Waals surface area contributed by atoms with Crippen LogP contribution in [0.25, 0.3) is 0 Å². The van der Waals surface area contributed by atoms with Crippen LogP contribution >= 0.6 is 0 Å². The van der Waals surface area contributed by atoms with Crippen molar-refractivity contribution in [3.05, 3.63) is 60.7 Å². The van der Waals surface area contributed by atoms with E-state index in [9.17, 15) is 9.90 Å². The third-order valence-corrected chi connectivity index (χ3v) is 2.43. The Morgan fingerprint density at radius 3 is 2.58 bits per heavy atom. The molecule has 0 saturated carbocycles. The van der Waals surface area contributed by atoms with E-state index in [-0.39, 0.29) is 23.7 Å². The van der Waals surface area contributed by atoms with Crippen molar-refractivity contribution in [2.75, 3.05) is 6.61 Å². The highest BCUT2D eigenvalue weighted by atomic mass is 16.5. The lowest BCUT2D eigenvalue weighted by Gasteiger charge is -2.06. The highest BCUT2D eigenvalue weighted by Gasteiger charge is 2.09. The molecule has 0 spiro atoms. The quantitative estimate of drug-likeness (QED) is 0.469. The second-order valence-electron chi connectivity index (χ2n) is 3.77. The molecular formula is C15H16O4. The third kappa shape index (κ3) is 4.35. The van der Waals surface area contributed by atoms with Crippen molar-refractivity contribution in [3.63, 3.8) is 0 Å². The van der Waals surface area contributed by atoms with Crippen LogP contribution in [0.1, 0.15) is 16.8 Å². The first-order chi connectivity index (χ1) is 9.08. The van der Waals surface area contributed by atoms with Crippen LogP contribution in [-0.2, 0) is 4.74 Å². The van der Waals surface area contributed by atoms with E-state index < -0.39 is 5.97 Å². The highest BCUT2D eigenvalue weighted by Crippen LogP contribution is 2.25. The fourth-order valence-electron chi connectivity index (χ4n) is 1.40. The van der Waals surface area contributed by atoms with E-state index >= 15 is 0 Å². The molecule has 0 radical (unpaired) electrons. The standard InChI is InChI=1S/C15H16O4/c1-3-5-11(4-2)8-9-19-15(18)12-6-7-13(16)14(17)10-12/h3-7,10,16-17H,1-2,8-9H2/b11-5+. The van der Waals surface area contributed by atoms with Gasteiger partial charge >= 0.3 is 5.97 Å². The van der Waals surface area contributed by atoms with Crippen molar-refractivity contribution in [1.29, 1.82) is 0 Å². The summed E-state index contributed by atoms with van der Waals surface area (Å²) in [6.07, 6.45) is 5.62. The average Bonchev–Trinajstić information content (AvgIpc) is 2.40. The van der Waals surface area contributed by atoms with Gasteiger partial charge in [0.2, 0.25) is 0 Å². The molecule has 19 heavy (non-hydrogen) atoms. The molecule has 0 amide bonds. The van der Waals surface area contributed by atoms with E-state index in [2.05, 4.69) is 13.2 Å². The number of allylic oxidation sites excluding steroid dienone is 3. The molecule has 0 atom stereocenters. The topological polar surface area (TPSA) is 66.8 Å². The van der Waals surface area contributed by atoms with Gasteiger partial charge in [-0.25, -0.2) is 4.79 Å². The number of hydrogen-bond donors (Lipinski definition) is 2. The van der Waals surface area contributed by atoms with Crippen LogP contribution in [0, 0.1) is 0 Å². The number of ether oxygens (including phenoxy) is 1. The minimum absolute atomic E-state index is 0.183. The van der Waals surface area contributed by atoms with E-state index in [0.717, 1.165) is 11.6 Å². The Morgan fingerprint density at radius 1 is 1.26 bits per heavy atom. The number of phenols is 2. The molecule has 0 saturated heterocycles. The summed E-state index contributed by atoms with van der Waals surface area (Å²) < 4.78 is 5.05. The lowest BCUT2D eigenvalue weighted by atomic mass is 10.2. The molecule has 1 aromatic rings. The summed E-state index contributed by atoms with van der Waals surface area (Å²) in [7, 11) is 0. The molecule has 4 heteroatoms. The maximum absolute atomic E-state index is 11.7. The van der Waals surface area contributed by atoms with Crippen LogP contribution in [0.3, 0.4) is 0 Å². The Bertz CT molecular complexity index is 515. The van der Waals surface area contributed by atoms with Crippen molar-refractivity contribution in [3.8, 4) is 11.5 Å². The van der Waals surface area contributed by atoms with Crippen LogP contribution in [0.5, 0.6) is 11.5 Å². The molecule has 0 aromatic heterocycles. The van der Waals surface area contributed by atoms with E-state index in [1.54, 1.807) is 18.2 Å². The fraction of sp³-hybridized carbons (Fsp3) is 0.133. The largest absolute Gasteiger partial charge is 0.504 e. The minimum Gasteiger partial charge on any atom is -0.504 e. The van der Waals surface area contributed by atoms with Gasteiger partial charge in [0.15, 0.2) is 11.5 Å². The van der Waals surface area contributed by atoms with Gasteiger partial charge in [0.25, 0.3) is 0 Å². The van der Waals surface area contributed by atoms with Crippen molar-refractivity contribution in [1.82, 2.24) is 0 Å². The normalized spacial score (nSPS) is 10.8. The Morgan fingerprint density at radius 2 is 2.00 bits per heavy atom. The number of phenolic OH excluding ortho intramolecular Hbond substituents is 2. The molecule has 0 bridgehead atoms. The molecule has 4 nitrogen and oxygen atoms in total. The first kappa shape index (κ1) is 14.6. The van der Waals surface area contributed by atoms with Gasteiger partial charge in [-0.15, -0.1) is 0 Å². The second-order valence-corrected chi connectivity index (χ2v) is 3.77. The van der Waals surface area contributed by atoms with E-state index in [1.807, 2.05) is 0 Å². The summed E-state index contributed by atoms with van der Waals surface area (Å²) in [5.41, 5.74) is 1.10. The van der Waals surface area contributed by atoms with Gasteiger partial charge < -0.3 is 14.9 Å². The lowest BCUT2D eigenvalue weighted by Crippen LogP contribution is -2.06. The van der Waals surface area contributed by atoms with E-state index in [0.29, 0.717) is 6.42 Å². The Labute approximate surface area is 112 Å². The van der Waals surface area contributed by atoms with Crippen LogP contribution in [0.15, 0.2) is 55.2 Å². The van der Waals surface area contributed by atoms with Gasteiger partial charge in [-0.2, -0.15) is 0 Å². The SMILES string of the molecule is C=C/C=C(\C=C)CCOC(=O)c1ccc(O)c(O)c1. The van der Waals surface area contributed by atoms with Gasteiger partial charge in [0.1, 0.15) is 0 Å². The molecule has 1 aromatic carbocycles. The van der Waals surface area contributed by atoms with Gasteiger partial charge in [-0.3, -0.25) is 0 Å². The van der Waals surface area contributed by atoms with Crippen LogP contribution in [-0.4, -0.2) is 22.8 Å². The van der Waals surface area contributed by atoms with Gasteiger partial charge in [0, 0.05) is 6.42 Å². The molecule has 1 rings (SSSR count). The second kappa shape index (κ2) is 7.06. The lowest BCUT2D eigenvalue weighted by molar-refractivity contribution is 0.0509. The average molecular weight is 260 g/mol. The molecule has 100 valence electrons. The maximum Gasteiger partial charge on any atom is 0.338 e. The monoisotopic (exact) mass is 260 g/mol. The summed E-state index contributed by atoms with van der Waals surface area (Å²) in [5.74, 6) is -1.19. The number of esters is 1. The Hall–Kier alpha value is -2.49. The number of carbonyl (C=O) groups excluding carboxylic acids is 1. The van der Waals surface area contributed by atoms with Crippen molar-refractivity contribution >= 4 is 5.97 Å². The molecule has 2 N–H and O–H groups in total. The Balaban J connectivity index is 2.56. The molecule has 0 heterocycles. The summed E-state index contributed by atoms with van der Waals surface area (Å²) >= 11 is 0. The molecular weight excluding hydrogens is 244 g/mol. The molecule has 0 aliphatic rings. The summed E-state index contributed by atoms with van der Waals surface area (Å²) in [4.78, 5) is 11.7. The first-order valence-electron chi connectivity index (χ1n) is 5.71. The number of carbonyl (C=O) groups is 1. The molecule has 0 aliphatic heterocycles. The van der Waals surface area contributed by atoms with Gasteiger partial charge in [-0.05, 0) is 23.8 Å². The van der Waals surface area contributed by atoms with E-state index in [4.69, 9.17) is 9.84 Å². The molecule has 0 aliphatic carbocycles. The predicted octanol–water partition coefficient (Wildman–Crippen LogP) is 2.94. The van der Waals surface area contributed by atoms with Gasteiger partial charge in [0.05, 0.1) is 12.2 Å². The number of aromatic hydroxyl groups is 2. The first-order valence-corrected chi connectivity index (χ1v) is 5.71. The zero-order chi connectivity index (χ0) is 14.3. The van der Waals surface area contributed by atoms with Crippen LogP contribution < -0.4 is 0 Å². The molecule has 0 fully saturated rings. The fourth-order valence-corrected chi connectivity index (χ4v) is 1.40. The summed E-state index contributed by atoms with van der Waals surface area (Å²) in [6.45, 7) is 7.41. The zero-order valence-electron chi connectivity index (χ0n) is 10.5.